The molecule has 0 aromatic heterocycles. The molecule has 0 heteroatoms. The fraction of sp³-hybridized carbons (Fsp3) is 1.00. The van der Waals surface area contributed by atoms with Gasteiger partial charge in [0.05, 0.1) is 0 Å². The molecule has 5 aliphatic carbocycles. The van der Waals surface area contributed by atoms with Gasteiger partial charge in [0.15, 0.2) is 0 Å². The first kappa shape index (κ1) is 35.2. The molecule has 0 nitrogen and oxygen atoms in total. The molecule has 5 rings (SSSR count). The Morgan fingerprint density at radius 1 is 0.636 bits per heavy atom. The van der Waals surface area contributed by atoms with Gasteiger partial charge in [-0.15, -0.1) is 0 Å². The van der Waals surface area contributed by atoms with Crippen LogP contribution in [0.1, 0.15) is 168 Å². The lowest BCUT2D eigenvalue weighted by atomic mass is 9.44. The van der Waals surface area contributed by atoms with Gasteiger partial charge in [0.2, 0.25) is 0 Å². The van der Waals surface area contributed by atoms with Crippen molar-refractivity contribution < 1.29 is 0 Å². The van der Waals surface area contributed by atoms with E-state index >= 15 is 0 Å². The van der Waals surface area contributed by atoms with Gasteiger partial charge in [0, 0.05) is 0 Å². The summed E-state index contributed by atoms with van der Waals surface area (Å²) >= 11 is 0. The molecule has 5 saturated carbocycles. The van der Waals surface area contributed by atoms with Gasteiger partial charge in [-0.3, -0.25) is 0 Å². The van der Waals surface area contributed by atoms with Crippen molar-refractivity contribution in [3.63, 3.8) is 0 Å². The molecule has 0 N–H and O–H groups in total. The minimum absolute atomic E-state index is 0.650. The van der Waals surface area contributed by atoms with Crippen molar-refractivity contribution in [2.45, 2.75) is 168 Å². The second-order valence-corrected chi connectivity index (χ2v) is 12.2. The summed E-state index contributed by atoms with van der Waals surface area (Å²) in [5.41, 5.74) is 1.34. The Kier molecular flexibility index (Phi) is 19.5. The zero-order valence-electron chi connectivity index (χ0n) is 26.2. The molecule has 6 atom stereocenters. The van der Waals surface area contributed by atoms with Crippen LogP contribution in [-0.2, 0) is 0 Å². The highest BCUT2D eigenvalue weighted by atomic mass is 14.6. The smallest absolute Gasteiger partial charge is 0.0295 e. The van der Waals surface area contributed by atoms with Crippen molar-refractivity contribution in [1.29, 1.82) is 0 Å². The molecule has 5 fully saturated rings. The summed E-state index contributed by atoms with van der Waals surface area (Å²) in [6.07, 6.45) is 16.4. The van der Waals surface area contributed by atoms with E-state index in [0.717, 1.165) is 35.5 Å². The van der Waals surface area contributed by atoms with Gasteiger partial charge in [-0.25, -0.2) is 0 Å². The van der Waals surface area contributed by atoms with Gasteiger partial charge in [-0.05, 0) is 84.9 Å². The summed E-state index contributed by atoms with van der Waals surface area (Å²) in [4.78, 5) is 0. The van der Waals surface area contributed by atoms with Crippen LogP contribution >= 0.6 is 0 Å². The van der Waals surface area contributed by atoms with Crippen LogP contribution in [-0.4, -0.2) is 0 Å². The molecule has 6 unspecified atom stereocenters. The highest BCUT2D eigenvalue weighted by Gasteiger charge is 2.54. The van der Waals surface area contributed by atoms with Crippen LogP contribution in [0, 0.1) is 46.3 Å². The summed E-state index contributed by atoms with van der Waals surface area (Å²) < 4.78 is 0. The molecule has 5 aliphatic rings. The Morgan fingerprint density at radius 2 is 1.03 bits per heavy atom. The lowest BCUT2D eigenvalue weighted by molar-refractivity contribution is -0.124. The molecular weight excluding hydrogens is 396 g/mol. The monoisotopic (exact) mass is 467 g/mol. The molecule has 0 aromatic rings. The van der Waals surface area contributed by atoms with Crippen molar-refractivity contribution >= 4 is 0 Å². The number of hydrogen-bond acceptors (Lipinski definition) is 0. The summed E-state index contributed by atoms with van der Waals surface area (Å²) in [5.74, 6) is 6.28. The maximum absolute atomic E-state index is 2.47. The second kappa shape index (κ2) is 18.3. The fourth-order valence-corrected chi connectivity index (χ4v) is 6.73. The summed E-state index contributed by atoms with van der Waals surface area (Å²) in [6, 6.07) is 0. The number of fused-ring (bicyclic) bond motifs is 3. The molecule has 0 amide bonds. The van der Waals surface area contributed by atoms with E-state index in [9.17, 15) is 0 Å². The Labute approximate surface area is 213 Å². The van der Waals surface area contributed by atoms with Crippen molar-refractivity contribution in [2.75, 3.05) is 0 Å². The topological polar surface area (TPSA) is 0 Å². The zero-order valence-corrected chi connectivity index (χ0v) is 26.2. The zero-order chi connectivity index (χ0) is 26.2. The lowest BCUT2D eigenvalue weighted by Gasteiger charge is -2.61. The molecule has 2 bridgehead atoms. The maximum Gasteiger partial charge on any atom is -0.0295 e. The molecule has 202 valence electrons. The van der Waals surface area contributed by atoms with Gasteiger partial charge in [0.25, 0.3) is 0 Å². The first-order valence-electron chi connectivity index (χ1n) is 15.6. The van der Waals surface area contributed by atoms with Crippen molar-refractivity contribution in [3.05, 3.63) is 0 Å². The van der Waals surface area contributed by atoms with Crippen LogP contribution in [0.5, 0.6) is 0 Å². The van der Waals surface area contributed by atoms with Crippen LogP contribution in [0.15, 0.2) is 0 Å². The molecule has 0 radical (unpaired) electrons. The molecule has 0 spiro atoms. The molecule has 0 heterocycles. The molecule has 0 aliphatic heterocycles. The van der Waals surface area contributed by atoms with Crippen LogP contribution in [0.25, 0.3) is 0 Å². The third-order valence-electron chi connectivity index (χ3n) is 9.19. The largest absolute Gasteiger partial charge is 0.0683 e. The lowest BCUT2D eigenvalue weighted by Crippen LogP contribution is -2.54. The van der Waals surface area contributed by atoms with Gasteiger partial charge in [-0.2, -0.15) is 0 Å². The first-order valence-corrected chi connectivity index (χ1v) is 15.6. The second-order valence-electron chi connectivity index (χ2n) is 12.2. The van der Waals surface area contributed by atoms with E-state index in [1.165, 1.54) is 57.8 Å². The van der Waals surface area contributed by atoms with Crippen molar-refractivity contribution in [2.24, 2.45) is 46.3 Å². The average molecular weight is 467 g/mol. The Morgan fingerprint density at radius 3 is 1.33 bits per heavy atom. The fourth-order valence-electron chi connectivity index (χ4n) is 6.73. The third kappa shape index (κ3) is 11.1. The Bertz CT molecular complexity index is 413. The van der Waals surface area contributed by atoms with Crippen molar-refractivity contribution in [1.82, 2.24) is 0 Å². The number of rotatable bonds is 0. The van der Waals surface area contributed by atoms with E-state index in [0.29, 0.717) is 10.8 Å². The molecule has 0 aromatic carbocycles. The van der Waals surface area contributed by atoms with Crippen LogP contribution in [0.4, 0.5) is 0 Å². The van der Waals surface area contributed by atoms with Crippen LogP contribution in [0.3, 0.4) is 0 Å². The highest BCUT2D eigenvalue weighted by molar-refractivity contribution is 5.03. The van der Waals surface area contributed by atoms with E-state index < -0.39 is 0 Å². The van der Waals surface area contributed by atoms with E-state index in [-0.39, 0.29) is 0 Å². The van der Waals surface area contributed by atoms with Crippen LogP contribution < -0.4 is 0 Å². The normalized spacial score (nSPS) is 34.4. The Balaban J connectivity index is 0. The van der Waals surface area contributed by atoms with E-state index in [4.69, 9.17) is 0 Å². The molecule has 0 saturated heterocycles. The average Bonchev–Trinajstić information content (AvgIpc) is 2.98. The van der Waals surface area contributed by atoms with E-state index in [1.54, 1.807) is 12.8 Å². The minimum Gasteiger partial charge on any atom is -0.0683 e. The van der Waals surface area contributed by atoms with Crippen LogP contribution in [0.2, 0.25) is 0 Å². The summed E-state index contributed by atoms with van der Waals surface area (Å²) in [7, 11) is 0. The first-order chi connectivity index (χ1) is 15.6. The summed E-state index contributed by atoms with van der Waals surface area (Å²) in [6.45, 7) is 31.0. The summed E-state index contributed by atoms with van der Waals surface area (Å²) in [5, 5.41) is 0. The van der Waals surface area contributed by atoms with E-state index in [2.05, 4.69) is 55.4 Å². The molecular formula is C33H70. The van der Waals surface area contributed by atoms with E-state index in [1.807, 2.05) is 41.5 Å². The van der Waals surface area contributed by atoms with Crippen molar-refractivity contribution in [3.8, 4) is 0 Å². The van der Waals surface area contributed by atoms with Gasteiger partial charge in [-0.1, -0.05) is 129 Å². The third-order valence-corrected chi connectivity index (χ3v) is 9.19. The standard InChI is InChI=1S/C13H24.C11H20.C3H8.3C2H6/c1-13(2)9-7-11-5-3-4-6-12(11)8-10-13;1-7-5-9-6-10(8(7)2)11(9,3)4;1-3-2;3*1-2/h11-12H,3-10H2,1-2H3;7-10H,5-6H2,1-4H3;3H2,1-2H3;3*1-2H3. The minimum atomic E-state index is 0.650. The number of hydrogen-bond donors (Lipinski definition) is 0. The van der Waals surface area contributed by atoms with Gasteiger partial charge < -0.3 is 0 Å². The maximum atomic E-state index is 2.47. The van der Waals surface area contributed by atoms with Gasteiger partial charge >= 0.3 is 0 Å². The molecule has 33 heavy (non-hydrogen) atoms. The quantitative estimate of drug-likeness (QED) is 0.333. The van der Waals surface area contributed by atoms with Gasteiger partial charge in [0.1, 0.15) is 0 Å². The highest BCUT2D eigenvalue weighted by Crippen LogP contribution is 2.62. The SMILES string of the molecule is CC.CC.CC.CC1(C)CCC2CCCCC2CC1.CC1CC2CC(C1C)C2(C)C.CCC. The Hall–Kier alpha value is 0. The predicted molar refractivity (Wildman–Crippen MR) is 156 cm³/mol. The predicted octanol–water partition coefficient (Wildman–Crippen LogP) is 12.2.